The first-order valence-corrected chi connectivity index (χ1v) is 7.58. The van der Waals surface area contributed by atoms with Crippen LogP contribution in [-0.4, -0.2) is 105 Å². The van der Waals surface area contributed by atoms with Gasteiger partial charge in [-0.05, 0) is 13.0 Å². The van der Waals surface area contributed by atoms with Gasteiger partial charge >= 0.3 is 11.9 Å². The van der Waals surface area contributed by atoms with Gasteiger partial charge in [0.15, 0.2) is 0 Å². The molecular formula is C13H25N3O8. The summed E-state index contributed by atoms with van der Waals surface area (Å²) >= 11 is 0. The molecule has 1 rings (SSSR count). The van der Waals surface area contributed by atoms with Gasteiger partial charge < -0.3 is 36.0 Å². The maximum Gasteiger partial charge on any atom is 0.317 e. The predicted octanol–water partition coefficient (Wildman–Crippen LogP) is -4.49. The van der Waals surface area contributed by atoms with Crippen molar-refractivity contribution >= 4 is 11.9 Å². The van der Waals surface area contributed by atoms with Crippen LogP contribution in [0.1, 0.15) is 6.42 Å². The lowest BCUT2D eigenvalue weighted by atomic mass is 9.79. The van der Waals surface area contributed by atoms with Gasteiger partial charge in [0.1, 0.15) is 0 Å². The van der Waals surface area contributed by atoms with Crippen molar-refractivity contribution in [3.8, 4) is 0 Å². The van der Waals surface area contributed by atoms with Gasteiger partial charge in [0.05, 0.1) is 49.5 Å². The molecule has 1 saturated carbocycles. The summed E-state index contributed by atoms with van der Waals surface area (Å²) in [5.41, 5.74) is 0. The Kier molecular flexibility index (Phi) is 8.48. The van der Waals surface area contributed by atoms with Gasteiger partial charge in [-0.25, -0.2) is 0 Å². The van der Waals surface area contributed by atoms with Crippen LogP contribution in [0, 0.1) is 0 Å². The second-order valence-electron chi connectivity index (χ2n) is 5.63. The van der Waals surface area contributed by atoms with Gasteiger partial charge in [0.25, 0.3) is 0 Å². The Morgan fingerprint density at radius 3 is 1.46 bits per heavy atom. The number of carboxylic acids is 2. The van der Waals surface area contributed by atoms with Crippen LogP contribution in [0.4, 0.5) is 0 Å². The number of aliphatic carboxylic acids is 2. The third-order valence-corrected chi connectivity index (χ3v) is 3.90. The number of aliphatic hydroxyl groups is 4. The van der Waals surface area contributed by atoms with E-state index in [0.717, 1.165) is 0 Å². The lowest BCUT2D eigenvalue weighted by molar-refractivity contribution is -0.138. The van der Waals surface area contributed by atoms with E-state index in [2.05, 4.69) is 16.0 Å². The van der Waals surface area contributed by atoms with E-state index < -0.39 is 61.5 Å². The molecule has 1 fully saturated rings. The van der Waals surface area contributed by atoms with E-state index in [9.17, 15) is 24.9 Å². The average Bonchev–Trinajstić information content (AvgIpc) is 2.49. The molecular weight excluding hydrogens is 326 g/mol. The summed E-state index contributed by atoms with van der Waals surface area (Å²) in [6, 6.07) is -3.14. The maximum atomic E-state index is 10.7. The fourth-order valence-electron chi connectivity index (χ4n) is 2.76. The van der Waals surface area contributed by atoms with Gasteiger partial charge in [-0.2, -0.15) is 0 Å². The summed E-state index contributed by atoms with van der Waals surface area (Å²) < 4.78 is 0. The van der Waals surface area contributed by atoms with Crippen molar-refractivity contribution in [2.75, 3.05) is 26.2 Å². The second-order valence-corrected chi connectivity index (χ2v) is 5.63. The van der Waals surface area contributed by atoms with Crippen LogP contribution in [0.5, 0.6) is 0 Å². The zero-order chi connectivity index (χ0) is 18.3. The molecule has 6 atom stereocenters. The quantitative estimate of drug-likeness (QED) is 0.172. The van der Waals surface area contributed by atoms with Gasteiger partial charge in [-0.15, -0.1) is 0 Å². The molecule has 11 nitrogen and oxygen atoms in total. The molecule has 11 heteroatoms. The molecule has 0 aromatic carbocycles. The van der Waals surface area contributed by atoms with Gasteiger partial charge in [-0.1, -0.05) is 0 Å². The van der Waals surface area contributed by atoms with Crippen LogP contribution in [0.3, 0.4) is 0 Å². The summed E-state index contributed by atoms with van der Waals surface area (Å²) in [7, 11) is 0. The molecule has 0 saturated heterocycles. The van der Waals surface area contributed by atoms with E-state index in [1.54, 1.807) is 0 Å². The summed E-state index contributed by atoms with van der Waals surface area (Å²) in [6.45, 7) is -0.883. The molecule has 1 aliphatic rings. The van der Waals surface area contributed by atoms with Crippen LogP contribution in [0.15, 0.2) is 0 Å². The Balaban J connectivity index is 2.88. The van der Waals surface area contributed by atoms with E-state index in [1.807, 2.05) is 0 Å². The fourth-order valence-corrected chi connectivity index (χ4v) is 2.76. The van der Waals surface area contributed by atoms with Crippen molar-refractivity contribution in [1.82, 2.24) is 16.0 Å². The van der Waals surface area contributed by atoms with Crippen molar-refractivity contribution in [2.45, 2.75) is 42.9 Å². The maximum absolute atomic E-state index is 10.7. The zero-order valence-corrected chi connectivity index (χ0v) is 13.0. The van der Waals surface area contributed by atoms with Crippen LogP contribution in [-0.2, 0) is 9.59 Å². The molecule has 24 heavy (non-hydrogen) atoms. The number of rotatable bonds is 10. The van der Waals surface area contributed by atoms with Crippen molar-refractivity contribution in [1.29, 1.82) is 0 Å². The molecule has 0 bridgehead atoms. The molecule has 0 radical (unpaired) electrons. The largest absolute Gasteiger partial charge is 0.480 e. The van der Waals surface area contributed by atoms with Crippen LogP contribution >= 0.6 is 0 Å². The molecule has 0 aromatic heterocycles. The highest BCUT2D eigenvalue weighted by atomic mass is 16.4. The third kappa shape index (κ3) is 5.63. The third-order valence-electron chi connectivity index (χ3n) is 3.90. The minimum absolute atomic E-state index is 0.101. The molecule has 0 heterocycles. The number of carbonyl (C=O) groups is 2. The highest BCUT2D eigenvalue weighted by Crippen LogP contribution is 2.22. The first-order valence-electron chi connectivity index (χ1n) is 7.58. The predicted molar refractivity (Wildman–Crippen MR) is 80.4 cm³/mol. The van der Waals surface area contributed by atoms with Gasteiger partial charge in [0.2, 0.25) is 0 Å². The zero-order valence-electron chi connectivity index (χ0n) is 13.0. The molecule has 0 aliphatic heterocycles. The lowest BCUT2D eigenvalue weighted by Gasteiger charge is -2.46. The monoisotopic (exact) mass is 351 g/mol. The van der Waals surface area contributed by atoms with Gasteiger partial charge in [0, 0.05) is 6.61 Å². The fraction of sp³-hybridized carbons (Fsp3) is 0.846. The Hall–Kier alpha value is -1.34. The van der Waals surface area contributed by atoms with Crippen LogP contribution in [0.25, 0.3) is 0 Å². The smallest absolute Gasteiger partial charge is 0.317 e. The summed E-state index contributed by atoms with van der Waals surface area (Å²) in [5.74, 6) is -2.39. The van der Waals surface area contributed by atoms with Crippen LogP contribution < -0.4 is 16.0 Å². The Labute approximate surface area is 138 Å². The molecule has 2 unspecified atom stereocenters. The van der Waals surface area contributed by atoms with E-state index in [0.29, 0.717) is 6.42 Å². The number of aliphatic hydroxyl groups excluding tert-OH is 4. The van der Waals surface area contributed by atoms with E-state index in [1.165, 1.54) is 0 Å². The topological polar surface area (TPSA) is 192 Å². The van der Waals surface area contributed by atoms with E-state index in [-0.39, 0.29) is 13.2 Å². The molecule has 0 amide bonds. The minimum Gasteiger partial charge on any atom is -0.480 e. The molecule has 0 aromatic rings. The van der Waals surface area contributed by atoms with Crippen molar-refractivity contribution in [2.24, 2.45) is 0 Å². The summed E-state index contributed by atoms with van der Waals surface area (Å²) in [6.07, 6.45) is -3.70. The van der Waals surface area contributed by atoms with Crippen molar-refractivity contribution < 1.29 is 40.2 Å². The summed E-state index contributed by atoms with van der Waals surface area (Å²) in [4.78, 5) is 21.4. The lowest BCUT2D eigenvalue weighted by Crippen LogP contribution is -2.74. The number of carboxylic acid groups (broad SMARTS) is 2. The number of hydrogen-bond acceptors (Lipinski definition) is 9. The Morgan fingerprint density at radius 1 is 0.750 bits per heavy atom. The Bertz CT molecular complexity index is 392. The minimum atomic E-state index is -1.41. The van der Waals surface area contributed by atoms with Gasteiger partial charge in [-0.3, -0.25) is 20.2 Å². The van der Waals surface area contributed by atoms with Crippen molar-refractivity contribution in [3.63, 3.8) is 0 Å². The normalized spacial score (nSPS) is 33.3. The van der Waals surface area contributed by atoms with E-state index >= 15 is 0 Å². The van der Waals surface area contributed by atoms with Crippen molar-refractivity contribution in [3.05, 3.63) is 0 Å². The first kappa shape index (κ1) is 20.7. The first-order chi connectivity index (χ1) is 11.3. The molecule has 9 N–H and O–H groups in total. The molecule has 1 aliphatic carbocycles. The SMILES string of the molecule is O=C(O)CN[C@@H]1C(O)[C@H](NCC(=O)O)[C@H](O)C(NCCCO)[C@@H]1O. The van der Waals surface area contributed by atoms with E-state index in [4.69, 9.17) is 15.3 Å². The van der Waals surface area contributed by atoms with Crippen LogP contribution in [0.2, 0.25) is 0 Å². The summed E-state index contributed by atoms with van der Waals surface area (Å²) in [5, 5.41) is 65.0. The number of nitrogens with one attached hydrogen (secondary N) is 3. The highest BCUT2D eigenvalue weighted by Gasteiger charge is 2.49. The molecule has 0 spiro atoms. The average molecular weight is 351 g/mol. The highest BCUT2D eigenvalue weighted by molar-refractivity contribution is 5.69. The Morgan fingerprint density at radius 2 is 1.12 bits per heavy atom. The second kappa shape index (κ2) is 9.84. The standard InChI is InChI=1S/C13H25N3O8/c17-3-1-2-14-8-11(22)9(15-4-6(18)19)13(24)10(12(8)23)16-5-7(20)21/h8-17,22-24H,1-5H2,(H,18,19)(H,20,21)/t8?,9-,10+,11-,12+,13?. The number of hydrogen-bond donors (Lipinski definition) is 9. The molecule has 140 valence electrons.